The number of sulfonamides is 1. The Morgan fingerprint density at radius 3 is 2.03 bits per heavy atom. The monoisotopic (exact) mass is 556 g/mol. The van der Waals surface area contributed by atoms with Gasteiger partial charge in [0.2, 0.25) is 5.91 Å². The lowest BCUT2D eigenvalue weighted by atomic mass is 9.96. The van der Waals surface area contributed by atoms with Crippen molar-refractivity contribution >= 4 is 21.6 Å². The molecular weight excluding hydrogens is 520 g/mol. The number of benzene rings is 3. The van der Waals surface area contributed by atoms with E-state index in [0.717, 1.165) is 26.6 Å². The number of amides is 1. The van der Waals surface area contributed by atoms with E-state index in [0.29, 0.717) is 11.5 Å². The summed E-state index contributed by atoms with van der Waals surface area (Å²) in [7, 11) is 1.49. The van der Waals surface area contributed by atoms with Crippen LogP contribution in [0.4, 0.5) is 5.69 Å². The molecule has 0 spiro atoms. The highest BCUT2D eigenvalue weighted by Gasteiger charge is 2.31. The minimum atomic E-state index is -4.28. The highest BCUT2D eigenvalue weighted by Crippen LogP contribution is 2.37. The first-order valence-electron chi connectivity index (χ1n) is 12.3. The van der Waals surface area contributed by atoms with Crippen LogP contribution in [0, 0.1) is 20.8 Å². The summed E-state index contributed by atoms with van der Waals surface area (Å²) in [5.41, 5.74) is 4.41. The van der Waals surface area contributed by atoms with Gasteiger partial charge >= 0.3 is 0 Å². The van der Waals surface area contributed by atoms with Gasteiger partial charge in [0, 0.05) is 12.1 Å². The largest absolute Gasteiger partial charge is 0.497 e. The quantitative estimate of drug-likeness (QED) is 0.365. The van der Waals surface area contributed by atoms with Gasteiger partial charge in [0.05, 0.1) is 45.1 Å². The first-order chi connectivity index (χ1) is 18.5. The molecule has 0 unspecified atom stereocenters. The number of hydrogen-bond donors (Lipinski definition) is 1. The van der Waals surface area contributed by atoms with Crippen molar-refractivity contribution in [1.82, 2.24) is 5.32 Å². The van der Waals surface area contributed by atoms with E-state index in [1.54, 1.807) is 12.1 Å². The maximum Gasteiger partial charge on any atom is 0.265 e. The van der Waals surface area contributed by atoms with Gasteiger partial charge in [-0.15, -0.1) is 0 Å². The van der Waals surface area contributed by atoms with Crippen LogP contribution >= 0.6 is 0 Å². The molecule has 1 N–H and O–H groups in total. The number of carbonyl (C=O) groups is 1. The second-order valence-electron chi connectivity index (χ2n) is 9.15. The Morgan fingerprint density at radius 1 is 0.795 bits per heavy atom. The van der Waals surface area contributed by atoms with E-state index in [4.69, 9.17) is 18.9 Å². The normalized spacial score (nSPS) is 11.9. The maximum atomic E-state index is 14.0. The van der Waals surface area contributed by atoms with Crippen LogP contribution in [0.25, 0.3) is 0 Å². The Morgan fingerprint density at radius 2 is 1.41 bits per heavy atom. The molecule has 210 valence electrons. The topological polar surface area (TPSA) is 103 Å². The molecule has 0 aromatic heterocycles. The van der Waals surface area contributed by atoms with Gasteiger partial charge in [0.15, 0.2) is 11.5 Å². The molecule has 0 bridgehead atoms. The molecule has 1 atom stereocenters. The second kappa shape index (κ2) is 12.3. The van der Waals surface area contributed by atoms with Crippen LogP contribution in [0.15, 0.2) is 53.4 Å². The summed E-state index contributed by atoms with van der Waals surface area (Å²) in [6.07, 6.45) is 0. The summed E-state index contributed by atoms with van der Waals surface area (Å²) in [5.74, 6) is 0.773. The number of carbonyl (C=O) groups excluding carboxylic acids is 1. The highest BCUT2D eigenvalue weighted by molar-refractivity contribution is 7.92. The molecule has 3 aromatic carbocycles. The van der Waals surface area contributed by atoms with E-state index in [-0.39, 0.29) is 28.1 Å². The fourth-order valence-electron chi connectivity index (χ4n) is 4.34. The molecule has 9 nitrogen and oxygen atoms in total. The molecule has 1 amide bonds. The Bertz CT molecular complexity index is 1450. The van der Waals surface area contributed by atoms with Gasteiger partial charge in [-0.25, -0.2) is 8.42 Å². The SMILES string of the molecule is COc1ccc(OC)c(N(CC(=O)N[C@H](C)c2cc(C)c(C)cc2C)S(=O)(=O)c2ccc(OC)c(OC)c2)c1. The molecule has 0 fully saturated rings. The molecule has 3 aromatic rings. The smallest absolute Gasteiger partial charge is 0.265 e. The number of nitrogens with zero attached hydrogens (tertiary/aromatic N) is 1. The number of aryl methyl sites for hydroxylation is 3. The molecule has 0 heterocycles. The zero-order valence-corrected chi connectivity index (χ0v) is 24.4. The van der Waals surface area contributed by atoms with E-state index < -0.39 is 22.5 Å². The maximum absolute atomic E-state index is 14.0. The molecule has 0 aliphatic rings. The molecule has 10 heteroatoms. The van der Waals surface area contributed by atoms with E-state index in [1.807, 2.05) is 33.8 Å². The van der Waals surface area contributed by atoms with E-state index in [2.05, 4.69) is 11.4 Å². The summed E-state index contributed by atoms with van der Waals surface area (Å²) in [5, 5.41) is 2.95. The van der Waals surface area contributed by atoms with E-state index in [1.165, 1.54) is 52.7 Å². The third-order valence-corrected chi connectivity index (χ3v) is 8.37. The van der Waals surface area contributed by atoms with E-state index in [9.17, 15) is 13.2 Å². The lowest BCUT2D eigenvalue weighted by Crippen LogP contribution is -2.42. The molecule has 0 saturated carbocycles. The number of rotatable bonds is 11. The lowest BCUT2D eigenvalue weighted by Gasteiger charge is -2.27. The van der Waals surface area contributed by atoms with Crippen LogP contribution in [0.2, 0.25) is 0 Å². The molecule has 3 rings (SSSR count). The average Bonchev–Trinajstić information content (AvgIpc) is 2.92. The Balaban J connectivity index is 2.06. The van der Waals surface area contributed by atoms with Crippen molar-refractivity contribution in [2.45, 2.75) is 38.6 Å². The Hall–Kier alpha value is -3.92. The Labute approximate surface area is 230 Å². The van der Waals surface area contributed by atoms with Crippen molar-refractivity contribution in [3.63, 3.8) is 0 Å². The number of hydrogen-bond acceptors (Lipinski definition) is 7. The van der Waals surface area contributed by atoms with Crippen molar-refractivity contribution in [3.8, 4) is 23.0 Å². The van der Waals surface area contributed by atoms with Gasteiger partial charge in [0.1, 0.15) is 18.0 Å². The first-order valence-corrected chi connectivity index (χ1v) is 13.7. The van der Waals surface area contributed by atoms with Gasteiger partial charge in [-0.3, -0.25) is 9.10 Å². The van der Waals surface area contributed by atoms with Crippen molar-refractivity contribution in [2.24, 2.45) is 0 Å². The number of ether oxygens (including phenoxy) is 4. The standard InChI is InChI=1S/C29H36N2O7S/c1-18-13-20(3)24(14-19(18)2)21(4)30-29(32)17-31(25-15-22(35-5)9-11-26(25)36-6)39(33,34)23-10-12-27(37-7)28(16-23)38-8/h9-16,21H,17H2,1-8H3,(H,30,32)/t21-/m1/s1. The fraction of sp³-hybridized carbons (Fsp3) is 0.345. The summed E-state index contributed by atoms with van der Waals surface area (Å²) < 4.78 is 50.5. The number of anilines is 1. The van der Waals surface area contributed by atoms with Crippen LogP contribution < -0.4 is 28.6 Å². The van der Waals surface area contributed by atoms with Crippen LogP contribution in [0.5, 0.6) is 23.0 Å². The van der Waals surface area contributed by atoms with Crippen LogP contribution in [0.1, 0.15) is 35.2 Å². The van der Waals surface area contributed by atoms with Gasteiger partial charge in [0.25, 0.3) is 10.0 Å². The molecule has 39 heavy (non-hydrogen) atoms. The zero-order valence-electron chi connectivity index (χ0n) is 23.6. The predicted molar refractivity (Wildman–Crippen MR) is 151 cm³/mol. The van der Waals surface area contributed by atoms with Crippen molar-refractivity contribution < 1.29 is 32.2 Å². The number of nitrogens with one attached hydrogen (secondary N) is 1. The van der Waals surface area contributed by atoms with Crippen LogP contribution in [0.3, 0.4) is 0 Å². The van der Waals surface area contributed by atoms with Gasteiger partial charge in [-0.2, -0.15) is 0 Å². The summed E-state index contributed by atoms with van der Waals surface area (Å²) in [4.78, 5) is 13.3. The lowest BCUT2D eigenvalue weighted by molar-refractivity contribution is -0.120. The minimum absolute atomic E-state index is 0.0872. The first kappa shape index (κ1) is 29.6. The van der Waals surface area contributed by atoms with Crippen molar-refractivity contribution in [1.29, 1.82) is 0 Å². The zero-order chi connectivity index (χ0) is 28.9. The van der Waals surface area contributed by atoms with E-state index >= 15 is 0 Å². The van der Waals surface area contributed by atoms with Gasteiger partial charge in [-0.1, -0.05) is 12.1 Å². The van der Waals surface area contributed by atoms with Crippen molar-refractivity contribution in [2.75, 3.05) is 39.3 Å². The summed E-state index contributed by atoms with van der Waals surface area (Å²) >= 11 is 0. The van der Waals surface area contributed by atoms with Crippen LogP contribution in [-0.2, 0) is 14.8 Å². The fourth-order valence-corrected chi connectivity index (χ4v) is 5.78. The van der Waals surface area contributed by atoms with Crippen LogP contribution in [-0.4, -0.2) is 49.3 Å². The van der Waals surface area contributed by atoms with Gasteiger partial charge < -0.3 is 24.3 Å². The molecule has 0 radical (unpaired) electrons. The highest BCUT2D eigenvalue weighted by atomic mass is 32.2. The third kappa shape index (κ3) is 6.39. The molecule has 0 aliphatic carbocycles. The van der Waals surface area contributed by atoms with Crippen molar-refractivity contribution in [3.05, 3.63) is 70.8 Å². The third-order valence-electron chi connectivity index (χ3n) is 6.61. The second-order valence-corrected chi connectivity index (χ2v) is 11.0. The molecule has 0 aliphatic heterocycles. The predicted octanol–water partition coefficient (Wildman–Crippen LogP) is 4.72. The molecular formula is C29H36N2O7S. The number of methoxy groups -OCH3 is 4. The summed E-state index contributed by atoms with van der Waals surface area (Å²) in [6, 6.07) is 12.8. The molecule has 0 saturated heterocycles. The average molecular weight is 557 g/mol. The summed E-state index contributed by atoms with van der Waals surface area (Å²) in [6.45, 7) is 7.40. The van der Waals surface area contributed by atoms with Gasteiger partial charge in [-0.05, 0) is 74.2 Å². The Kier molecular flexibility index (Phi) is 9.34. The minimum Gasteiger partial charge on any atom is -0.497 e.